The molecule has 2 aromatic rings. The minimum atomic E-state index is -0.561. The van der Waals surface area contributed by atoms with E-state index in [2.05, 4.69) is 0 Å². The largest absolute Gasteiger partial charge is 0.462 e. The lowest BCUT2D eigenvalue weighted by Crippen LogP contribution is -2.52. The molecule has 1 amide bonds. The number of fused-ring (bicyclic) bond motifs is 1. The first-order chi connectivity index (χ1) is 11.2. The Balaban J connectivity index is 1.39. The molecule has 1 aromatic carbocycles. The van der Waals surface area contributed by atoms with E-state index in [0.717, 1.165) is 29.0 Å². The Labute approximate surface area is 139 Å². The number of carbonyl (C=O) groups is 1. The van der Waals surface area contributed by atoms with Gasteiger partial charge in [-0.3, -0.25) is 4.79 Å². The van der Waals surface area contributed by atoms with Crippen molar-refractivity contribution >= 4 is 17.2 Å². The van der Waals surface area contributed by atoms with E-state index in [1.807, 2.05) is 46.7 Å². The summed E-state index contributed by atoms with van der Waals surface area (Å²) in [5.41, 5.74) is 1.09. The normalized spacial score (nSPS) is 19.2. The zero-order chi connectivity index (χ0) is 15.7. The molecule has 2 aliphatic rings. The highest BCUT2D eigenvalue weighted by Crippen LogP contribution is 2.37. The number of carbonyl (C=O) groups excluding carboxylic acids is 1. The van der Waals surface area contributed by atoms with Gasteiger partial charge in [0.25, 0.3) is 0 Å². The Morgan fingerprint density at radius 3 is 2.78 bits per heavy atom. The lowest BCUT2D eigenvalue weighted by atomic mass is 10.0. The Morgan fingerprint density at radius 1 is 1.17 bits per heavy atom. The van der Waals surface area contributed by atoms with E-state index in [4.69, 9.17) is 9.47 Å². The van der Waals surface area contributed by atoms with E-state index in [9.17, 15) is 4.79 Å². The number of piperidine rings is 1. The van der Waals surface area contributed by atoms with Gasteiger partial charge < -0.3 is 14.4 Å². The third-order valence-corrected chi connectivity index (χ3v) is 5.42. The molecule has 0 saturated carbocycles. The zero-order valence-electron chi connectivity index (χ0n) is 12.9. The fourth-order valence-electron chi connectivity index (χ4n) is 3.18. The molecular weight excluding hydrogens is 310 g/mol. The number of benzene rings is 1. The summed E-state index contributed by atoms with van der Waals surface area (Å²) in [5, 5.41) is 2.01. The number of likely N-dealkylation sites (tertiary alicyclic amines) is 1. The van der Waals surface area contributed by atoms with Crippen molar-refractivity contribution in [3.63, 3.8) is 0 Å². The molecule has 0 radical (unpaired) electrons. The Morgan fingerprint density at radius 2 is 2.00 bits per heavy atom. The summed E-state index contributed by atoms with van der Waals surface area (Å²) in [7, 11) is 0. The Hall–Kier alpha value is -1.85. The van der Waals surface area contributed by atoms with E-state index in [0.29, 0.717) is 26.1 Å². The predicted molar refractivity (Wildman–Crippen MR) is 88.4 cm³/mol. The van der Waals surface area contributed by atoms with Crippen molar-refractivity contribution in [1.29, 1.82) is 0 Å². The van der Waals surface area contributed by atoms with Gasteiger partial charge >= 0.3 is 0 Å². The molecule has 0 unspecified atom stereocenters. The number of hydrogen-bond donors (Lipinski definition) is 0. The molecule has 23 heavy (non-hydrogen) atoms. The van der Waals surface area contributed by atoms with Crippen LogP contribution in [0.3, 0.4) is 0 Å². The van der Waals surface area contributed by atoms with Crippen LogP contribution in [0.2, 0.25) is 0 Å². The molecular formula is C18H19NO3S. The number of rotatable bonds is 2. The van der Waals surface area contributed by atoms with Crippen LogP contribution in [0.5, 0.6) is 5.75 Å². The summed E-state index contributed by atoms with van der Waals surface area (Å²) in [6, 6.07) is 12.0. The van der Waals surface area contributed by atoms with Crippen molar-refractivity contribution < 1.29 is 14.3 Å². The van der Waals surface area contributed by atoms with Crippen LogP contribution in [0.25, 0.3) is 0 Å². The average molecular weight is 329 g/mol. The van der Waals surface area contributed by atoms with Crippen LogP contribution >= 0.6 is 11.3 Å². The molecule has 1 fully saturated rings. The van der Waals surface area contributed by atoms with Crippen LogP contribution in [0, 0.1) is 0 Å². The number of hydrogen-bond acceptors (Lipinski definition) is 4. The maximum Gasteiger partial charge on any atom is 0.227 e. The summed E-state index contributed by atoms with van der Waals surface area (Å²) in [5.74, 6) is 0.546. The minimum absolute atomic E-state index is 0.193. The summed E-state index contributed by atoms with van der Waals surface area (Å²) < 4.78 is 12.1. The maximum absolute atomic E-state index is 12.4. The van der Waals surface area contributed by atoms with E-state index in [1.165, 1.54) is 0 Å². The van der Waals surface area contributed by atoms with Crippen LogP contribution in [0.4, 0.5) is 0 Å². The molecule has 0 bridgehead atoms. The fourth-order valence-corrected chi connectivity index (χ4v) is 3.87. The highest BCUT2D eigenvalue weighted by Gasteiger charge is 2.41. The molecule has 0 N–H and O–H groups in total. The lowest BCUT2D eigenvalue weighted by Gasteiger charge is -2.44. The molecule has 4 nitrogen and oxygen atoms in total. The highest BCUT2D eigenvalue weighted by molar-refractivity contribution is 7.10. The smallest absolute Gasteiger partial charge is 0.227 e. The third-order valence-electron chi connectivity index (χ3n) is 4.54. The van der Waals surface area contributed by atoms with Crippen molar-refractivity contribution in [2.45, 2.75) is 31.7 Å². The van der Waals surface area contributed by atoms with Gasteiger partial charge in [-0.25, -0.2) is 0 Å². The van der Waals surface area contributed by atoms with Crippen LogP contribution in [-0.4, -0.2) is 29.7 Å². The second-order valence-corrected chi connectivity index (χ2v) is 7.08. The second-order valence-electron chi connectivity index (χ2n) is 6.05. The van der Waals surface area contributed by atoms with Crippen LogP contribution in [0.15, 0.2) is 41.8 Å². The van der Waals surface area contributed by atoms with Gasteiger partial charge in [0, 0.05) is 36.4 Å². The molecule has 1 saturated heterocycles. The summed E-state index contributed by atoms with van der Waals surface area (Å²) >= 11 is 1.63. The molecule has 0 atom stereocenters. The van der Waals surface area contributed by atoms with Crippen molar-refractivity contribution in [2.24, 2.45) is 0 Å². The first-order valence-electron chi connectivity index (χ1n) is 7.95. The number of ether oxygens (including phenoxy) is 2. The van der Waals surface area contributed by atoms with Gasteiger partial charge in [0.2, 0.25) is 11.7 Å². The van der Waals surface area contributed by atoms with E-state index in [1.54, 1.807) is 11.3 Å². The summed E-state index contributed by atoms with van der Waals surface area (Å²) in [4.78, 5) is 15.4. The predicted octanol–water partition coefficient (Wildman–Crippen LogP) is 3.22. The SMILES string of the molecule is O=C(Cc1cccs1)N1CCC2(CC1)OCc1ccccc1O2. The quantitative estimate of drug-likeness (QED) is 0.849. The van der Waals surface area contributed by atoms with E-state index in [-0.39, 0.29) is 5.91 Å². The van der Waals surface area contributed by atoms with Crippen LogP contribution in [0.1, 0.15) is 23.3 Å². The van der Waals surface area contributed by atoms with Gasteiger partial charge in [-0.15, -0.1) is 11.3 Å². The number of thiophene rings is 1. The summed E-state index contributed by atoms with van der Waals surface area (Å²) in [6.07, 6.45) is 1.93. The van der Waals surface area contributed by atoms with Gasteiger partial charge in [0.1, 0.15) is 5.75 Å². The summed E-state index contributed by atoms with van der Waals surface area (Å²) in [6.45, 7) is 1.96. The fraction of sp³-hybridized carbons (Fsp3) is 0.389. The van der Waals surface area contributed by atoms with Crippen molar-refractivity contribution in [3.05, 3.63) is 52.2 Å². The second kappa shape index (κ2) is 5.98. The van der Waals surface area contributed by atoms with E-state index >= 15 is 0 Å². The number of para-hydroxylation sites is 1. The third kappa shape index (κ3) is 2.99. The van der Waals surface area contributed by atoms with Crippen LogP contribution in [-0.2, 0) is 22.6 Å². The van der Waals surface area contributed by atoms with Gasteiger partial charge in [-0.2, -0.15) is 0 Å². The lowest BCUT2D eigenvalue weighted by molar-refractivity contribution is -0.227. The monoisotopic (exact) mass is 329 g/mol. The number of nitrogens with zero attached hydrogens (tertiary/aromatic N) is 1. The van der Waals surface area contributed by atoms with Crippen molar-refractivity contribution in [1.82, 2.24) is 4.90 Å². The molecule has 5 heteroatoms. The standard InChI is InChI=1S/C18H19NO3S/c20-17(12-15-5-3-11-23-15)19-9-7-18(8-10-19)21-13-14-4-1-2-6-16(14)22-18/h1-6,11H,7-10,12-13H2. The average Bonchev–Trinajstić information content (AvgIpc) is 3.08. The van der Waals surface area contributed by atoms with E-state index < -0.39 is 5.79 Å². The first kappa shape index (κ1) is 14.7. The van der Waals surface area contributed by atoms with Gasteiger partial charge in [0.15, 0.2) is 0 Å². The van der Waals surface area contributed by atoms with Gasteiger partial charge in [-0.05, 0) is 17.5 Å². The molecule has 3 heterocycles. The first-order valence-corrected chi connectivity index (χ1v) is 8.83. The van der Waals surface area contributed by atoms with Crippen molar-refractivity contribution in [2.75, 3.05) is 13.1 Å². The van der Waals surface area contributed by atoms with Gasteiger partial charge in [0.05, 0.1) is 13.0 Å². The Kier molecular flexibility index (Phi) is 3.83. The topological polar surface area (TPSA) is 38.8 Å². The number of amides is 1. The minimum Gasteiger partial charge on any atom is -0.462 e. The molecule has 1 aromatic heterocycles. The van der Waals surface area contributed by atoms with Crippen LogP contribution < -0.4 is 4.74 Å². The molecule has 4 rings (SSSR count). The zero-order valence-corrected chi connectivity index (χ0v) is 13.7. The molecule has 0 aliphatic carbocycles. The molecule has 120 valence electrons. The van der Waals surface area contributed by atoms with Crippen molar-refractivity contribution in [3.8, 4) is 5.75 Å². The highest BCUT2D eigenvalue weighted by atomic mass is 32.1. The molecule has 2 aliphatic heterocycles. The maximum atomic E-state index is 12.4. The van der Waals surface area contributed by atoms with Gasteiger partial charge in [-0.1, -0.05) is 24.3 Å². The Bertz CT molecular complexity index is 690. The molecule has 1 spiro atoms.